The molecular formula is C23H21N5O8S. The average Bonchev–Trinajstić information content (AvgIpc) is 3.29. The number of sulfonamides is 1. The van der Waals surface area contributed by atoms with Gasteiger partial charge in [-0.05, 0) is 36.8 Å². The maximum Gasteiger partial charge on any atom is 0.329 e. The van der Waals surface area contributed by atoms with Gasteiger partial charge in [-0.15, -0.1) is 0 Å². The number of hydrogen-bond acceptors (Lipinski definition) is 9. The van der Waals surface area contributed by atoms with Crippen LogP contribution in [0.1, 0.15) is 6.42 Å². The summed E-state index contributed by atoms with van der Waals surface area (Å²) in [6.07, 6.45) is 2.86. The number of nitrogens with one attached hydrogen (secondary N) is 1. The van der Waals surface area contributed by atoms with E-state index in [1.54, 1.807) is 12.1 Å². The van der Waals surface area contributed by atoms with Crippen LogP contribution < -0.4 is 4.31 Å². The maximum absolute atomic E-state index is 13.7. The third-order valence-electron chi connectivity index (χ3n) is 5.34. The fourth-order valence-electron chi connectivity index (χ4n) is 3.74. The molecule has 0 spiro atoms. The fraction of sp³-hybridized carbons (Fsp3) is 0.174. The van der Waals surface area contributed by atoms with E-state index in [1.165, 1.54) is 36.7 Å². The Bertz CT molecular complexity index is 1570. The first kappa shape index (κ1) is 25.5. The van der Waals surface area contributed by atoms with Gasteiger partial charge in [0.05, 0.1) is 22.3 Å². The number of aromatic hydroxyl groups is 1. The summed E-state index contributed by atoms with van der Waals surface area (Å²) in [5, 5.41) is 37.8. The number of anilines is 1. The van der Waals surface area contributed by atoms with Crippen molar-refractivity contribution in [2.45, 2.75) is 11.3 Å². The Hall–Kier alpha value is -4.56. The molecule has 192 valence electrons. The van der Waals surface area contributed by atoms with Gasteiger partial charge < -0.3 is 14.9 Å². The zero-order chi connectivity index (χ0) is 26.6. The minimum absolute atomic E-state index is 0.0522. The summed E-state index contributed by atoms with van der Waals surface area (Å²) in [5.74, 6) is -1.24. The van der Waals surface area contributed by atoms with Crippen molar-refractivity contribution < 1.29 is 33.1 Å². The number of fused-ring (bicyclic) bond motifs is 1. The van der Waals surface area contributed by atoms with E-state index in [9.17, 15) is 28.4 Å². The van der Waals surface area contributed by atoms with Crippen molar-refractivity contribution in [2.75, 3.05) is 24.1 Å². The number of rotatable bonds is 11. The summed E-state index contributed by atoms with van der Waals surface area (Å²) >= 11 is 0. The number of carboxylic acids is 1. The Morgan fingerprint density at radius 3 is 2.68 bits per heavy atom. The van der Waals surface area contributed by atoms with Gasteiger partial charge >= 0.3 is 5.97 Å². The van der Waals surface area contributed by atoms with E-state index in [1.807, 2.05) is 0 Å². The number of benzene rings is 2. The Morgan fingerprint density at radius 2 is 1.95 bits per heavy atom. The highest BCUT2D eigenvalue weighted by Gasteiger charge is 2.32. The van der Waals surface area contributed by atoms with Crippen LogP contribution in [0.15, 0.2) is 65.8 Å². The Morgan fingerprint density at radius 1 is 1.16 bits per heavy atom. The Balaban J connectivity index is 1.78. The highest BCUT2D eigenvalue weighted by Crippen LogP contribution is 2.34. The second-order valence-corrected chi connectivity index (χ2v) is 9.67. The largest absolute Gasteiger partial charge is 0.506 e. The summed E-state index contributed by atoms with van der Waals surface area (Å²) in [7, 11) is -4.43. The van der Waals surface area contributed by atoms with Crippen LogP contribution in [0.25, 0.3) is 22.2 Å². The van der Waals surface area contributed by atoms with Gasteiger partial charge in [-0.25, -0.2) is 13.2 Å². The lowest BCUT2D eigenvalue weighted by Gasteiger charge is -2.24. The molecule has 0 bridgehead atoms. The summed E-state index contributed by atoms with van der Waals surface area (Å²) in [4.78, 5) is 25.0. The predicted molar refractivity (Wildman–Crippen MR) is 132 cm³/mol. The third kappa shape index (κ3) is 5.49. The number of pyridine rings is 1. The minimum Gasteiger partial charge on any atom is -0.506 e. The van der Waals surface area contributed by atoms with Gasteiger partial charge in [-0.3, -0.25) is 24.5 Å². The minimum atomic E-state index is -4.43. The van der Waals surface area contributed by atoms with Gasteiger partial charge in [0.25, 0.3) is 15.7 Å². The Labute approximate surface area is 210 Å². The molecule has 4 rings (SSSR count). The molecular weight excluding hydrogens is 506 g/mol. The molecule has 0 aliphatic heterocycles. The molecule has 3 N–H and O–H groups in total. The quantitative estimate of drug-likeness (QED) is 0.149. The predicted octanol–water partition coefficient (Wildman–Crippen LogP) is 2.93. The molecule has 14 heteroatoms. The second-order valence-electron chi connectivity index (χ2n) is 7.84. The molecule has 2 heterocycles. The van der Waals surface area contributed by atoms with Crippen LogP contribution in [0.5, 0.6) is 5.75 Å². The topological polar surface area (TPSA) is 189 Å². The van der Waals surface area contributed by atoms with Crippen molar-refractivity contribution >= 4 is 38.3 Å². The zero-order valence-electron chi connectivity index (χ0n) is 19.1. The SMILES string of the molecule is O=C(O)COCCCN(c1ccc2[nH]nc(-c3cncc(O)c3)c2c1)S(=O)(=O)c1ccccc1[N+](=O)[O-]. The summed E-state index contributed by atoms with van der Waals surface area (Å²) < 4.78 is 33.5. The van der Waals surface area contributed by atoms with Gasteiger partial charge in [0.1, 0.15) is 18.1 Å². The standard InChI is InChI=1S/C23H21N5O8S/c29-17-10-15(12-24-13-17)23-18-11-16(6-7-19(18)25-26-23)27(8-3-9-36-14-22(30)31)37(34,35)21-5-2-1-4-20(21)28(32)33/h1-2,4-7,10-13,29H,3,8-9,14H2,(H,25,26)(H,30,31). The van der Waals surface area contributed by atoms with Gasteiger partial charge in [-0.1, -0.05) is 12.1 Å². The molecule has 0 saturated carbocycles. The number of para-hydroxylation sites is 1. The number of nitro groups is 1. The number of aliphatic carboxylic acids is 1. The summed E-state index contributed by atoms with van der Waals surface area (Å²) in [6.45, 7) is -0.747. The lowest BCUT2D eigenvalue weighted by atomic mass is 10.1. The van der Waals surface area contributed by atoms with Crippen molar-refractivity contribution in [3.8, 4) is 17.0 Å². The highest BCUT2D eigenvalue weighted by molar-refractivity contribution is 7.93. The molecule has 0 aliphatic carbocycles. The average molecular weight is 528 g/mol. The van der Waals surface area contributed by atoms with E-state index >= 15 is 0 Å². The van der Waals surface area contributed by atoms with Gasteiger partial charge in [0.2, 0.25) is 0 Å². The van der Waals surface area contributed by atoms with Crippen LogP contribution in [0, 0.1) is 10.1 Å². The van der Waals surface area contributed by atoms with E-state index < -0.39 is 38.1 Å². The van der Waals surface area contributed by atoms with Gasteiger partial charge in [0, 0.05) is 36.4 Å². The van der Waals surface area contributed by atoms with E-state index in [0.29, 0.717) is 22.2 Å². The smallest absolute Gasteiger partial charge is 0.329 e. The molecule has 0 unspecified atom stereocenters. The lowest BCUT2D eigenvalue weighted by Crippen LogP contribution is -2.33. The Kier molecular flexibility index (Phi) is 7.31. The van der Waals surface area contributed by atoms with E-state index in [2.05, 4.69) is 15.2 Å². The van der Waals surface area contributed by atoms with E-state index in [0.717, 1.165) is 16.4 Å². The van der Waals surface area contributed by atoms with E-state index in [-0.39, 0.29) is 31.0 Å². The fourth-order valence-corrected chi connectivity index (χ4v) is 5.39. The first-order chi connectivity index (χ1) is 17.7. The number of ether oxygens (including phenoxy) is 1. The monoisotopic (exact) mass is 527 g/mol. The highest BCUT2D eigenvalue weighted by atomic mass is 32.2. The first-order valence-electron chi connectivity index (χ1n) is 10.9. The molecule has 2 aromatic carbocycles. The molecule has 0 aliphatic rings. The van der Waals surface area contributed by atoms with Crippen LogP contribution in [-0.4, -0.2) is 64.5 Å². The molecule has 37 heavy (non-hydrogen) atoms. The number of carbonyl (C=O) groups is 1. The second kappa shape index (κ2) is 10.6. The summed E-state index contributed by atoms with van der Waals surface area (Å²) in [5.41, 5.74) is 1.09. The van der Waals surface area contributed by atoms with Crippen molar-refractivity contribution in [2.24, 2.45) is 0 Å². The van der Waals surface area contributed by atoms with Crippen molar-refractivity contribution in [3.05, 3.63) is 71.0 Å². The molecule has 0 radical (unpaired) electrons. The maximum atomic E-state index is 13.7. The number of aromatic amines is 1. The molecule has 0 atom stereocenters. The van der Waals surface area contributed by atoms with Crippen molar-refractivity contribution in [3.63, 3.8) is 0 Å². The normalized spacial score (nSPS) is 11.5. The number of nitrogens with zero attached hydrogens (tertiary/aromatic N) is 4. The molecule has 2 aromatic heterocycles. The zero-order valence-corrected chi connectivity index (χ0v) is 20.0. The van der Waals surface area contributed by atoms with Crippen LogP contribution in [0.4, 0.5) is 11.4 Å². The van der Waals surface area contributed by atoms with E-state index in [4.69, 9.17) is 9.84 Å². The molecule has 0 fully saturated rings. The number of aromatic nitrogens is 3. The summed E-state index contributed by atoms with van der Waals surface area (Å²) in [6, 6.07) is 11.2. The molecule has 0 saturated heterocycles. The molecule has 13 nitrogen and oxygen atoms in total. The number of carboxylic acid groups (broad SMARTS) is 1. The van der Waals surface area contributed by atoms with Crippen LogP contribution >= 0.6 is 0 Å². The van der Waals surface area contributed by atoms with Crippen LogP contribution in [0.3, 0.4) is 0 Å². The lowest BCUT2D eigenvalue weighted by molar-refractivity contribution is -0.387. The van der Waals surface area contributed by atoms with Crippen LogP contribution in [-0.2, 0) is 19.6 Å². The van der Waals surface area contributed by atoms with Crippen molar-refractivity contribution in [1.29, 1.82) is 0 Å². The third-order valence-corrected chi connectivity index (χ3v) is 7.21. The number of H-pyrrole nitrogens is 1. The first-order valence-corrected chi connectivity index (χ1v) is 12.3. The van der Waals surface area contributed by atoms with Crippen LogP contribution in [0.2, 0.25) is 0 Å². The molecule has 0 amide bonds. The molecule has 4 aromatic rings. The van der Waals surface area contributed by atoms with Gasteiger partial charge in [-0.2, -0.15) is 5.10 Å². The van der Waals surface area contributed by atoms with Gasteiger partial charge in [0.15, 0.2) is 4.90 Å². The van der Waals surface area contributed by atoms with Crippen molar-refractivity contribution in [1.82, 2.24) is 15.2 Å². The number of nitro benzene ring substituents is 1. The number of hydrogen-bond donors (Lipinski definition) is 3.